The van der Waals surface area contributed by atoms with E-state index >= 15 is 0 Å². The zero-order valence-corrected chi connectivity index (χ0v) is 12.5. The Hall–Kier alpha value is -2.21. The molecular formula is C15H17N3O2S. The van der Waals surface area contributed by atoms with Gasteiger partial charge in [-0.15, -0.1) is 0 Å². The molecule has 1 aliphatic rings. The lowest BCUT2D eigenvalue weighted by Gasteiger charge is -2.22. The first-order valence-electron chi connectivity index (χ1n) is 6.75. The maximum absolute atomic E-state index is 11.4. The standard InChI is InChI=1S/C15H17N3O2S/c1-9(4-10-2-3-21-8-10)17-12-6-13-14(5-11(12)16)20-7-15(19)18-13/h2-3,5-6,8-9,17H,4,7,16H2,1H3,(H,18,19). The molecule has 0 spiro atoms. The Bertz CT molecular complexity index is 655. The molecule has 5 nitrogen and oxygen atoms in total. The van der Waals surface area contributed by atoms with Gasteiger partial charge in [0, 0.05) is 12.1 Å². The normalized spacial score (nSPS) is 14.8. The summed E-state index contributed by atoms with van der Waals surface area (Å²) in [6, 6.07) is 5.92. The summed E-state index contributed by atoms with van der Waals surface area (Å²) >= 11 is 1.69. The van der Waals surface area contributed by atoms with Gasteiger partial charge < -0.3 is 21.1 Å². The number of thiophene rings is 1. The molecule has 3 rings (SSSR count). The summed E-state index contributed by atoms with van der Waals surface area (Å²) < 4.78 is 5.34. The van der Waals surface area contributed by atoms with Gasteiger partial charge in [-0.1, -0.05) is 0 Å². The van der Waals surface area contributed by atoms with Gasteiger partial charge in [0.25, 0.3) is 5.91 Å². The molecule has 2 heterocycles. The van der Waals surface area contributed by atoms with Crippen LogP contribution in [0.4, 0.5) is 17.1 Å². The first kappa shape index (κ1) is 13.8. The van der Waals surface area contributed by atoms with E-state index in [9.17, 15) is 4.79 Å². The number of amides is 1. The van der Waals surface area contributed by atoms with Crippen molar-refractivity contribution in [3.8, 4) is 5.75 Å². The number of nitrogens with two attached hydrogens (primary N) is 1. The molecule has 110 valence electrons. The molecule has 0 aliphatic carbocycles. The van der Waals surface area contributed by atoms with Gasteiger partial charge in [0.15, 0.2) is 6.61 Å². The summed E-state index contributed by atoms with van der Waals surface area (Å²) in [5, 5.41) is 10.4. The topological polar surface area (TPSA) is 76.4 Å². The predicted molar refractivity (Wildman–Crippen MR) is 86.1 cm³/mol. The van der Waals surface area contributed by atoms with Gasteiger partial charge in [-0.3, -0.25) is 4.79 Å². The van der Waals surface area contributed by atoms with Crippen LogP contribution in [0.15, 0.2) is 29.0 Å². The van der Waals surface area contributed by atoms with Crippen molar-refractivity contribution in [1.82, 2.24) is 0 Å². The predicted octanol–water partition coefficient (Wildman–Crippen LogP) is 2.70. The van der Waals surface area contributed by atoms with Crippen LogP contribution in [-0.2, 0) is 11.2 Å². The van der Waals surface area contributed by atoms with Gasteiger partial charge >= 0.3 is 0 Å². The van der Waals surface area contributed by atoms with E-state index in [1.807, 2.05) is 6.07 Å². The Kier molecular flexibility index (Phi) is 3.70. The average Bonchev–Trinajstić information content (AvgIpc) is 2.93. The summed E-state index contributed by atoms with van der Waals surface area (Å²) in [5.74, 6) is 0.465. The SMILES string of the molecule is CC(Cc1ccsc1)Nc1cc2c(cc1N)OCC(=O)N2. The highest BCUT2D eigenvalue weighted by Crippen LogP contribution is 2.35. The molecule has 1 aromatic heterocycles. The monoisotopic (exact) mass is 303 g/mol. The van der Waals surface area contributed by atoms with E-state index in [0.29, 0.717) is 17.1 Å². The van der Waals surface area contributed by atoms with Crippen molar-refractivity contribution in [3.05, 3.63) is 34.5 Å². The highest BCUT2D eigenvalue weighted by molar-refractivity contribution is 7.07. The number of ether oxygens (including phenoxy) is 1. The summed E-state index contributed by atoms with van der Waals surface area (Å²) in [5.41, 5.74) is 9.43. The molecular weight excluding hydrogens is 286 g/mol. The van der Waals surface area contributed by atoms with Crippen LogP contribution in [0.5, 0.6) is 5.75 Å². The van der Waals surface area contributed by atoms with Crippen molar-refractivity contribution in [3.63, 3.8) is 0 Å². The van der Waals surface area contributed by atoms with Gasteiger partial charge in [-0.05, 0) is 41.8 Å². The fourth-order valence-electron chi connectivity index (χ4n) is 2.35. The van der Waals surface area contributed by atoms with Gasteiger partial charge in [-0.25, -0.2) is 0 Å². The minimum absolute atomic E-state index is 0.0355. The Labute approximate surface area is 127 Å². The molecule has 1 amide bonds. The number of rotatable bonds is 4. The Morgan fingerprint density at radius 3 is 3.14 bits per heavy atom. The first-order chi connectivity index (χ1) is 10.1. The van der Waals surface area contributed by atoms with E-state index in [1.165, 1.54) is 5.56 Å². The van der Waals surface area contributed by atoms with Crippen LogP contribution in [-0.4, -0.2) is 18.6 Å². The van der Waals surface area contributed by atoms with Gasteiger partial charge in [-0.2, -0.15) is 11.3 Å². The minimum atomic E-state index is -0.149. The van der Waals surface area contributed by atoms with E-state index in [4.69, 9.17) is 10.5 Å². The molecule has 4 N–H and O–H groups in total. The van der Waals surface area contributed by atoms with Crippen LogP contribution in [0.2, 0.25) is 0 Å². The summed E-state index contributed by atoms with van der Waals surface area (Å²) in [7, 11) is 0. The molecule has 0 saturated heterocycles. The Morgan fingerprint density at radius 1 is 1.52 bits per heavy atom. The van der Waals surface area contributed by atoms with Crippen molar-refractivity contribution in [2.24, 2.45) is 0 Å². The van der Waals surface area contributed by atoms with Crippen LogP contribution >= 0.6 is 11.3 Å². The van der Waals surface area contributed by atoms with Crippen LogP contribution < -0.4 is 21.1 Å². The number of fused-ring (bicyclic) bond motifs is 1. The molecule has 2 aromatic rings. The molecule has 0 radical (unpaired) electrons. The van der Waals surface area contributed by atoms with Crippen LogP contribution in [0, 0.1) is 0 Å². The number of anilines is 3. The fraction of sp³-hybridized carbons (Fsp3) is 0.267. The van der Waals surface area contributed by atoms with Crippen molar-refractivity contribution in [1.29, 1.82) is 0 Å². The number of carbonyl (C=O) groups excluding carboxylic acids is 1. The number of nitrogen functional groups attached to an aromatic ring is 1. The summed E-state index contributed by atoms with van der Waals surface area (Å²) in [6.07, 6.45) is 0.920. The molecule has 0 fully saturated rings. The zero-order valence-electron chi connectivity index (χ0n) is 11.7. The fourth-order valence-corrected chi connectivity index (χ4v) is 3.03. The molecule has 1 aliphatic heterocycles. The quantitative estimate of drug-likeness (QED) is 0.759. The van der Waals surface area contributed by atoms with Gasteiger partial charge in [0.2, 0.25) is 0 Å². The van der Waals surface area contributed by atoms with E-state index in [0.717, 1.165) is 12.1 Å². The molecule has 1 unspecified atom stereocenters. The van der Waals surface area contributed by atoms with E-state index in [1.54, 1.807) is 17.4 Å². The second-order valence-electron chi connectivity index (χ2n) is 5.15. The van der Waals surface area contributed by atoms with Crippen LogP contribution in [0.1, 0.15) is 12.5 Å². The number of carbonyl (C=O) groups is 1. The third-order valence-electron chi connectivity index (χ3n) is 3.31. The molecule has 0 saturated carbocycles. The Morgan fingerprint density at radius 2 is 2.38 bits per heavy atom. The number of benzene rings is 1. The maximum Gasteiger partial charge on any atom is 0.262 e. The van der Waals surface area contributed by atoms with Gasteiger partial charge in [0.05, 0.1) is 17.1 Å². The van der Waals surface area contributed by atoms with Crippen LogP contribution in [0.25, 0.3) is 0 Å². The second-order valence-corrected chi connectivity index (χ2v) is 5.93. The summed E-state index contributed by atoms with van der Waals surface area (Å²) in [4.78, 5) is 11.4. The largest absolute Gasteiger partial charge is 0.482 e. The number of nitrogens with one attached hydrogen (secondary N) is 2. The highest BCUT2D eigenvalue weighted by Gasteiger charge is 2.18. The molecule has 1 aromatic carbocycles. The van der Waals surface area contributed by atoms with Crippen molar-refractivity contribution in [2.45, 2.75) is 19.4 Å². The lowest BCUT2D eigenvalue weighted by molar-refractivity contribution is -0.118. The van der Waals surface area contributed by atoms with Crippen molar-refractivity contribution < 1.29 is 9.53 Å². The van der Waals surface area contributed by atoms with Crippen molar-refractivity contribution in [2.75, 3.05) is 23.0 Å². The van der Waals surface area contributed by atoms with E-state index in [2.05, 4.69) is 34.4 Å². The Balaban J connectivity index is 1.75. The number of hydrogen-bond donors (Lipinski definition) is 3. The van der Waals surface area contributed by atoms with Crippen molar-refractivity contribution >= 4 is 34.3 Å². The third kappa shape index (κ3) is 3.11. The molecule has 0 bridgehead atoms. The first-order valence-corrected chi connectivity index (χ1v) is 7.70. The lowest BCUT2D eigenvalue weighted by Crippen LogP contribution is -2.26. The van der Waals surface area contributed by atoms with Crippen LogP contribution in [0.3, 0.4) is 0 Å². The third-order valence-corrected chi connectivity index (χ3v) is 4.04. The number of hydrogen-bond acceptors (Lipinski definition) is 5. The average molecular weight is 303 g/mol. The minimum Gasteiger partial charge on any atom is -0.482 e. The zero-order chi connectivity index (χ0) is 14.8. The second kappa shape index (κ2) is 5.65. The smallest absolute Gasteiger partial charge is 0.262 e. The van der Waals surface area contributed by atoms with E-state index in [-0.39, 0.29) is 18.6 Å². The molecule has 1 atom stereocenters. The van der Waals surface area contributed by atoms with E-state index < -0.39 is 0 Å². The highest BCUT2D eigenvalue weighted by atomic mass is 32.1. The van der Waals surface area contributed by atoms with Gasteiger partial charge in [0.1, 0.15) is 5.75 Å². The maximum atomic E-state index is 11.4. The molecule has 6 heteroatoms. The molecule has 21 heavy (non-hydrogen) atoms. The lowest BCUT2D eigenvalue weighted by atomic mass is 10.1. The summed E-state index contributed by atoms with van der Waals surface area (Å²) in [6.45, 7) is 2.14.